The van der Waals surface area contributed by atoms with Gasteiger partial charge in [-0.1, -0.05) is 12.1 Å². The minimum atomic E-state index is -4.04. The fourth-order valence-corrected chi connectivity index (χ4v) is 3.34. The number of rotatable bonds is 4. The van der Waals surface area contributed by atoms with Crippen molar-refractivity contribution in [2.75, 3.05) is 13.2 Å². The smallest absolute Gasteiger partial charge is 0.264 e. The van der Waals surface area contributed by atoms with Gasteiger partial charge in [-0.3, -0.25) is 4.79 Å². The van der Waals surface area contributed by atoms with Gasteiger partial charge < -0.3 is 9.47 Å². The maximum Gasteiger partial charge on any atom is 0.264 e. The summed E-state index contributed by atoms with van der Waals surface area (Å²) >= 11 is 0. The Hall–Kier alpha value is -2.61. The van der Waals surface area contributed by atoms with Gasteiger partial charge in [-0.25, -0.2) is 17.5 Å². The van der Waals surface area contributed by atoms with E-state index in [0.717, 1.165) is 0 Å². The standard InChI is InChI=1S/C17H16FNO5S/c18-13-4-2-12(3-5-13)10-17(20)19-25(21,22)14-6-7-15-16(11-14)24-9-1-8-23-15/h2-7,11H,1,8-10H2,(H,19,20). The Morgan fingerprint density at radius 2 is 1.72 bits per heavy atom. The predicted molar refractivity (Wildman–Crippen MR) is 87.5 cm³/mol. The molecule has 0 fully saturated rings. The van der Waals surface area contributed by atoms with Gasteiger partial charge in [0.05, 0.1) is 24.5 Å². The summed E-state index contributed by atoms with van der Waals surface area (Å²) in [7, 11) is -4.04. The second-order valence-corrected chi connectivity index (χ2v) is 7.17. The van der Waals surface area contributed by atoms with Gasteiger partial charge >= 0.3 is 0 Å². The molecule has 6 nitrogen and oxygen atoms in total. The van der Waals surface area contributed by atoms with Crippen molar-refractivity contribution in [3.05, 3.63) is 53.8 Å². The highest BCUT2D eigenvalue weighted by molar-refractivity contribution is 7.90. The van der Waals surface area contributed by atoms with Crippen molar-refractivity contribution in [1.82, 2.24) is 4.72 Å². The zero-order chi connectivity index (χ0) is 17.9. The molecule has 2 aromatic carbocycles. The molecule has 0 saturated carbocycles. The summed E-state index contributed by atoms with van der Waals surface area (Å²) < 4.78 is 50.5. The summed E-state index contributed by atoms with van der Waals surface area (Å²) in [6, 6.07) is 9.45. The summed E-state index contributed by atoms with van der Waals surface area (Å²) in [6.45, 7) is 0.918. The number of nitrogens with one attached hydrogen (secondary N) is 1. The number of benzene rings is 2. The lowest BCUT2D eigenvalue weighted by Gasteiger charge is -2.11. The van der Waals surface area contributed by atoms with Crippen LogP contribution in [-0.2, 0) is 21.2 Å². The summed E-state index contributed by atoms with van der Waals surface area (Å²) in [5.41, 5.74) is 0.507. The van der Waals surface area contributed by atoms with Crippen molar-refractivity contribution >= 4 is 15.9 Å². The third-order valence-electron chi connectivity index (χ3n) is 3.56. The van der Waals surface area contributed by atoms with Gasteiger partial charge in [-0.15, -0.1) is 0 Å². The third-order valence-corrected chi connectivity index (χ3v) is 4.93. The van der Waals surface area contributed by atoms with Crippen molar-refractivity contribution in [2.45, 2.75) is 17.7 Å². The molecule has 0 atom stereocenters. The summed E-state index contributed by atoms with van der Waals surface area (Å²) in [5, 5.41) is 0. The first kappa shape index (κ1) is 17.2. The monoisotopic (exact) mass is 365 g/mol. The molecule has 25 heavy (non-hydrogen) atoms. The van der Waals surface area contributed by atoms with Gasteiger partial charge in [0.25, 0.3) is 10.0 Å². The van der Waals surface area contributed by atoms with Gasteiger partial charge in [-0.2, -0.15) is 0 Å². The summed E-state index contributed by atoms with van der Waals surface area (Å²) in [6.07, 6.45) is 0.523. The van der Waals surface area contributed by atoms with Crippen LogP contribution in [0.1, 0.15) is 12.0 Å². The SMILES string of the molecule is O=C(Cc1ccc(F)cc1)NS(=O)(=O)c1ccc2c(c1)OCCCO2. The second-order valence-electron chi connectivity index (χ2n) is 5.49. The first-order valence-corrected chi connectivity index (χ1v) is 9.12. The molecule has 8 heteroatoms. The Bertz CT molecular complexity index is 880. The van der Waals surface area contributed by atoms with Crippen molar-refractivity contribution in [1.29, 1.82) is 0 Å². The molecule has 0 aromatic heterocycles. The minimum absolute atomic E-state index is 0.0933. The van der Waals surface area contributed by atoms with Gasteiger partial charge in [0.15, 0.2) is 11.5 Å². The van der Waals surface area contributed by atoms with E-state index in [9.17, 15) is 17.6 Å². The van der Waals surface area contributed by atoms with E-state index in [0.29, 0.717) is 36.7 Å². The maximum absolute atomic E-state index is 12.9. The number of amides is 1. The number of ether oxygens (including phenoxy) is 2. The lowest BCUT2D eigenvalue weighted by atomic mass is 10.1. The van der Waals surface area contributed by atoms with Crippen LogP contribution >= 0.6 is 0 Å². The molecule has 132 valence electrons. The second kappa shape index (κ2) is 7.10. The van der Waals surface area contributed by atoms with Gasteiger partial charge in [-0.05, 0) is 29.8 Å². The molecule has 1 aliphatic heterocycles. The minimum Gasteiger partial charge on any atom is -0.490 e. The Kier molecular flexibility index (Phi) is 4.89. The Morgan fingerprint density at radius 3 is 2.44 bits per heavy atom. The van der Waals surface area contributed by atoms with Gasteiger partial charge in [0.1, 0.15) is 5.82 Å². The van der Waals surface area contributed by atoms with Crippen LogP contribution in [0.3, 0.4) is 0 Å². The summed E-state index contributed by atoms with van der Waals surface area (Å²) in [5.74, 6) is -0.344. The van der Waals surface area contributed by atoms with E-state index in [-0.39, 0.29) is 11.3 Å². The number of fused-ring (bicyclic) bond motifs is 1. The van der Waals surface area contributed by atoms with E-state index in [1.54, 1.807) is 0 Å². The average Bonchev–Trinajstić information content (AvgIpc) is 2.81. The largest absolute Gasteiger partial charge is 0.490 e. The number of hydrogen-bond acceptors (Lipinski definition) is 5. The molecule has 0 aliphatic carbocycles. The average molecular weight is 365 g/mol. The van der Waals surface area contributed by atoms with Crippen LogP contribution in [0, 0.1) is 5.82 Å². The van der Waals surface area contributed by atoms with Crippen molar-refractivity contribution in [3.63, 3.8) is 0 Å². The molecule has 0 spiro atoms. The zero-order valence-electron chi connectivity index (χ0n) is 13.2. The normalized spacial score (nSPS) is 13.8. The van der Waals surface area contributed by atoms with E-state index >= 15 is 0 Å². The lowest BCUT2D eigenvalue weighted by Crippen LogP contribution is -2.31. The van der Waals surface area contributed by atoms with Crippen LogP contribution in [-0.4, -0.2) is 27.5 Å². The van der Waals surface area contributed by atoms with Gasteiger partial charge in [0.2, 0.25) is 5.91 Å². The van der Waals surface area contributed by atoms with Crippen LogP contribution in [0.25, 0.3) is 0 Å². The Labute approximate surface area is 144 Å². The highest BCUT2D eigenvalue weighted by Crippen LogP contribution is 2.31. The van der Waals surface area contributed by atoms with Crippen molar-refractivity contribution in [2.24, 2.45) is 0 Å². The molecule has 0 unspecified atom stereocenters. The molecule has 0 bridgehead atoms. The van der Waals surface area contributed by atoms with Gasteiger partial charge in [0, 0.05) is 12.5 Å². The molecule has 0 saturated heterocycles. The fraction of sp³-hybridized carbons (Fsp3) is 0.235. The van der Waals surface area contributed by atoms with Crippen molar-refractivity contribution < 1.29 is 27.1 Å². The number of halogens is 1. The molecular weight excluding hydrogens is 349 g/mol. The topological polar surface area (TPSA) is 81.7 Å². The molecule has 0 radical (unpaired) electrons. The first-order chi connectivity index (χ1) is 11.9. The van der Waals surface area contributed by atoms with E-state index < -0.39 is 21.7 Å². The van der Waals surface area contributed by atoms with Crippen LogP contribution < -0.4 is 14.2 Å². The summed E-state index contributed by atoms with van der Waals surface area (Å²) in [4.78, 5) is 11.9. The molecule has 2 aromatic rings. The van der Waals surface area contributed by atoms with E-state index in [1.165, 1.54) is 42.5 Å². The fourth-order valence-electron chi connectivity index (χ4n) is 2.34. The first-order valence-electron chi connectivity index (χ1n) is 7.64. The zero-order valence-corrected chi connectivity index (χ0v) is 14.0. The maximum atomic E-state index is 12.9. The molecule has 1 N–H and O–H groups in total. The van der Waals surface area contributed by atoms with E-state index in [4.69, 9.17) is 9.47 Å². The number of carbonyl (C=O) groups is 1. The van der Waals surface area contributed by atoms with E-state index in [2.05, 4.69) is 0 Å². The third kappa shape index (κ3) is 4.27. The number of hydrogen-bond donors (Lipinski definition) is 1. The van der Waals surface area contributed by atoms with Crippen LogP contribution in [0.2, 0.25) is 0 Å². The highest BCUT2D eigenvalue weighted by atomic mass is 32.2. The molecule has 1 heterocycles. The number of carbonyl (C=O) groups excluding carboxylic acids is 1. The Morgan fingerprint density at radius 1 is 1.04 bits per heavy atom. The molecule has 1 aliphatic rings. The quantitative estimate of drug-likeness (QED) is 0.897. The highest BCUT2D eigenvalue weighted by Gasteiger charge is 2.21. The molecule has 3 rings (SSSR count). The molecular formula is C17H16FNO5S. The number of sulfonamides is 1. The van der Waals surface area contributed by atoms with Crippen LogP contribution in [0.4, 0.5) is 4.39 Å². The van der Waals surface area contributed by atoms with Crippen LogP contribution in [0.5, 0.6) is 11.5 Å². The van der Waals surface area contributed by atoms with Crippen LogP contribution in [0.15, 0.2) is 47.4 Å². The van der Waals surface area contributed by atoms with E-state index in [1.807, 2.05) is 4.72 Å². The molecule has 1 amide bonds. The predicted octanol–water partition coefficient (Wildman–Crippen LogP) is 2.03. The van der Waals surface area contributed by atoms with Crippen molar-refractivity contribution in [3.8, 4) is 11.5 Å². The lowest BCUT2D eigenvalue weighted by molar-refractivity contribution is -0.118. The Balaban J connectivity index is 1.74.